The lowest BCUT2D eigenvalue weighted by Crippen LogP contribution is -2.38. The average Bonchev–Trinajstić information content (AvgIpc) is 2.79. The third kappa shape index (κ3) is 4.62. The number of ether oxygens (including phenoxy) is 1. The highest BCUT2D eigenvalue weighted by molar-refractivity contribution is 5.95. The molecule has 5 heteroatoms. The molecular weight excluding hydrogens is 362 g/mol. The summed E-state index contributed by atoms with van der Waals surface area (Å²) in [5.74, 6) is 1.25. The number of rotatable bonds is 5. The Morgan fingerprint density at radius 3 is 2.55 bits per heavy atom. The van der Waals surface area contributed by atoms with E-state index in [4.69, 9.17) is 4.74 Å². The van der Waals surface area contributed by atoms with Crippen LogP contribution >= 0.6 is 0 Å². The van der Waals surface area contributed by atoms with Gasteiger partial charge in [0.2, 0.25) is 5.88 Å². The largest absolute Gasteiger partial charge is 0.439 e. The maximum absolute atomic E-state index is 13.0. The van der Waals surface area contributed by atoms with Crippen LogP contribution in [0.3, 0.4) is 0 Å². The molecule has 0 N–H and O–H groups in total. The molecule has 1 aliphatic carbocycles. The van der Waals surface area contributed by atoms with Crippen LogP contribution in [0.2, 0.25) is 0 Å². The third-order valence-corrected chi connectivity index (χ3v) is 5.46. The van der Waals surface area contributed by atoms with E-state index in [-0.39, 0.29) is 5.91 Å². The standard InChI is InChI=1S/C24H25N3O2/c1-27(20-11-4-2-5-12-20)24(28)19-10-8-9-18(15-19)22-16-23(26-17-25-22)29-21-13-6-3-7-14-21/h3,6-10,13-17,20H,2,4-5,11-12H2,1H3. The van der Waals surface area contributed by atoms with Gasteiger partial charge < -0.3 is 9.64 Å². The molecule has 1 fully saturated rings. The van der Waals surface area contributed by atoms with Crippen LogP contribution in [0.15, 0.2) is 67.0 Å². The van der Waals surface area contributed by atoms with E-state index in [0.29, 0.717) is 17.5 Å². The molecule has 0 radical (unpaired) electrons. The van der Waals surface area contributed by atoms with Crippen LogP contribution in [-0.2, 0) is 0 Å². The Bertz CT molecular complexity index is 969. The van der Waals surface area contributed by atoms with Crippen LogP contribution in [0.1, 0.15) is 42.5 Å². The van der Waals surface area contributed by atoms with Gasteiger partial charge in [-0.3, -0.25) is 4.79 Å². The molecule has 0 saturated heterocycles. The first-order valence-electron chi connectivity index (χ1n) is 10.1. The third-order valence-electron chi connectivity index (χ3n) is 5.46. The van der Waals surface area contributed by atoms with Crippen molar-refractivity contribution >= 4 is 5.91 Å². The lowest BCUT2D eigenvalue weighted by molar-refractivity contribution is 0.0696. The Morgan fingerprint density at radius 1 is 0.966 bits per heavy atom. The number of amides is 1. The number of aromatic nitrogens is 2. The Morgan fingerprint density at radius 2 is 1.76 bits per heavy atom. The number of carbonyl (C=O) groups excluding carboxylic acids is 1. The lowest BCUT2D eigenvalue weighted by Gasteiger charge is -2.31. The van der Waals surface area contributed by atoms with Gasteiger partial charge in [0, 0.05) is 30.3 Å². The molecule has 2 aromatic carbocycles. The minimum absolute atomic E-state index is 0.0635. The Kier molecular flexibility index (Phi) is 5.84. The fraction of sp³-hybridized carbons (Fsp3) is 0.292. The van der Waals surface area contributed by atoms with Crippen LogP contribution < -0.4 is 4.74 Å². The second-order valence-electron chi connectivity index (χ2n) is 7.45. The predicted molar refractivity (Wildman–Crippen MR) is 113 cm³/mol. The highest BCUT2D eigenvalue weighted by Crippen LogP contribution is 2.26. The number of nitrogens with zero attached hydrogens (tertiary/aromatic N) is 3. The summed E-state index contributed by atoms with van der Waals surface area (Å²) in [5, 5.41) is 0. The fourth-order valence-electron chi connectivity index (χ4n) is 3.81. The molecule has 0 bridgehead atoms. The van der Waals surface area contributed by atoms with Gasteiger partial charge >= 0.3 is 0 Å². The van der Waals surface area contributed by atoms with Gasteiger partial charge in [-0.05, 0) is 37.1 Å². The van der Waals surface area contributed by atoms with Gasteiger partial charge in [-0.25, -0.2) is 9.97 Å². The summed E-state index contributed by atoms with van der Waals surface area (Å²) in [4.78, 5) is 23.5. The van der Waals surface area contributed by atoms with Crippen LogP contribution in [0.25, 0.3) is 11.3 Å². The van der Waals surface area contributed by atoms with Crippen molar-refractivity contribution in [3.63, 3.8) is 0 Å². The van der Waals surface area contributed by atoms with Crippen molar-refractivity contribution in [3.8, 4) is 22.9 Å². The van der Waals surface area contributed by atoms with Crippen LogP contribution in [0, 0.1) is 0 Å². The number of para-hydroxylation sites is 1. The van der Waals surface area contributed by atoms with E-state index in [2.05, 4.69) is 9.97 Å². The van der Waals surface area contributed by atoms with E-state index >= 15 is 0 Å². The molecule has 0 atom stereocenters. The van der Waals surface area contributed by atoms with Crippen molar-refractivity contribution in [1.29, 1.82) is 0 Å². The minimum atomic E-state index is 0.0635. The normalized spacial score (nSPS) is 14.4. The van der Waals surface area contributed by atoms with Crippen molar-refractivity contribution in [3.05, 3.63) is 72.6 Å². The van der Waals surface area contributed by atoms with Gasteiger partial charge in [-0.15, -0.1) is 0 Å². The zero-order valence-corrected chi connectivity index (χ0v) is 16.6. The van der Waals surface area contributed by atoms with Gasteiger partial charge in [0.05, 0.1) is 5.69 Å². The highest BCUT2D eigenvalue weighted by Gasteiger charge is 2.23. The summed E-state index contributed by atoms with van der Waals surface area (Å²) in [6.07, 6.45) is 7.34. The highest BCUT2D eigenvalue weighted by atomic mass is 16.5. The van der Waals surface area contributed by atoms with E-state index in [0.717, 1.165) is 29.8 Å². The summed E-state index contributed by atoms with van der Waals surface area (Å²) in [7, 11) is 1.92. The van der Waals surface area contributed by atoms with E-state index in [1.54, 1.807) is 6.07 Å². The summed E-state index contributed by atoms with van der Waals surface area (Å²) in [5.41, 5.74) is 2.27. The summed E-state index contributed by atoms with van der Waals surface area (Å²) in [6, 6.07) is 19.3. The van der Waals surface area contributed by atoms with Crippen molar-refractivity contribution in [2.24, 2.45) is 0 Å². The average molecular weight is 387 g/mol. The molecule has 1 amide bonds. The minimum Gasteiger partial charge on any atom is -0.439 e. The molecule has 5 nitrogen and oxygen atoms in total. The number of hydrogen-bond acceptors (Lipinski definition) is 4. The SMILES string of the molecule is CN(C(=O)c1cccc(-c2cc(Oc3ccccc3)ncn2)c1)C1CCCCC1. The molecule has 148 valence electrons. The second-order valence-corrected chi connectivity index (χ2v) is 7.45. The maximum Gasteiger partial charge on any atom is 0.253 e. The quantitative estimate of drug-likeness (QED) is 0.593. The first kappa shape index (κ1) is 19.1. The van der Waals surface area contributed by atoms with Crippen molar-refractivity contribution in [2.75, 3.05) is 7.05 Å². The molecule has 0 unspecified atom stereocenters. The lowest BCUT2D eigenvalue weighted by atomic mass is 9.94. The van der Waals surface area contributed by atoms with E-state index in [1.807, 2.05) is 66.5 Å². The molecule has 0 aliphatic heterocycles. The van der Waals surface area contributed by atoms with E-state index in [9.17, 15) is 4.79 Å². The topological polar surface area (TPSA) is 55.3 Å². The Balaban J connectivity index is 1.54. The molecule has 3 aromatic rings. The monoisotopic (exact) mass is 387 g/mol. The van der Waals surface area contributed by atoms with Gasteiger partial charge in [0.25, 0.3) is 5.91 Å². The van der Waals surface area contributed by atoms with Gasteiger partial charge in [-0.2, -0.15) is 0 Å². The molecule has 1 saturated carbocycles. The smallest absolute Gasteiger partial charge is 0.253 e. The molecular formula is C24H25N3O2. The van der Waals surface area contributed by atoms with Crippen LogP contribution in [0.5, 0.6) is 11.6 Å². The Labute approximate surface area is 171 Å². The molecule has 1 aromatic heterocycles. The first-order valence-corrected chi connectivity index (χ1v) is 10.1. The predicted octanol–water partition coefficient (Wildman–Crippen LogP) is 5.34. The van der Waals surface area contributed by atoms with E-state index < -0.39 is 0 Å². The molecule has 29 heavy (non-hydrogen) atoms. The van der Waals surface area contributed by atoms with Crippen LogP contribution in [-0.4, -0.2) is 33.9 Å². The first-order chi connectivity index (χ1) is 14.2. The van der Waals surface area contributed by atoms with Crippen molar-refractivity contribution < 1.29 is 9.53 Å². The summed E-state index contributed by atoms with van der Waals surface area (Å²) >= 11 is 0. The Hall–Kier alpha value is -3.21. The van der Waals surface area contributed by atoms with Gasteiger partial charge in [-0.1, -0.05) is 49.6 Å². The van der Waals surface area contributed by atoms with Gasteiger partial charge in [0.15, 0.2) is 0 Å². The molecule has 1 heterocycles. The zero-order valence-electron chi connectivity index (χ0n) is 16.6. The number of hydrogen-bond donors (Lipinski definition) is 0. The van der Waals surface area contributed by atoms with Crippen molar-refractivity contribution in [2.45, 2.75) is 38.1 Å². The van der Waals surface area contributed by atoms with Gasteiger partial charge in [0.1, 0.15) is 12.1 Å². The second kappa shape index (κ2) is 8.86. The van der Waals surface area contributed by atoms with Crippen molar-refractivity contribution in [1.82, 2.24) is 14.9 Å². The maximum atomic E-state index is 13.0. The molecule has 0 spiro atoms. The van der Waals surface area contributed by atoms with Crippen LogP contribution in [0.4, 0.5) is 0 Å². The summed E-state index contributed by atoms with van der Waals surface area (Å²) in [6.45, 7) is 0. The van der Waals surface area contributed by atoms with E-state index in [1.165, 1.54) is 25.6 Å². The zero-order chi connectivity index (χ0) is 20.1. The number of carbonyl (C=O) groups is 1. The molecule has 1 aliphatic rings. The molecule has 4 rings (SSSR count). The summed E-state index contributed by atoms with van der Waals surface area (Å²) < 4.78 is 5.81. The number of benzene rings is 2. The fourth-order valence-corrected chi connectivity index (χ4v) is 3.81.